The molecule has 0 bridgehead atoms. The molecule has 0 amide bonds. The van der Waals surface area contributed by atoms with Crippen LogP contribution in [0.1, 0.15) is 32.9 Å². The van der Waals surface area contributed by atoms with E-state index in [-0.39, 0.29) is 0 Å². The maximum atomic E-state index is 5.95. The third-order valence-electron chi connectivity index (χ3n) is 3.06. The Labute approximate surface area is 131 Å². The van der Waals surface area contributed by atoms with Gasteiger partial charge < -0.3 is 5.32 Å². The van der Waals surface area contributed by atoms with Crippen molar-refractivity contribution in [2.45, 2.75) is 33.6 Å². The minimum atomic E-state index is 0.567. The van der Waals surface area contributed by atoms with Gasteiger partial charge in [-0.25, -0.2) is 9.97 Å². The number of halogens is 1. The number of aromatic nitrogens is 2. The van der Waals surface area contributed by atoms with E-state index in [4.69, 9.17) is 11.6 Å². The van der Waals surface area contributed by atoms with E-state index in [9.17, 15) is 0 Å². The number of anilines is 1. The lowest BCUT2D eigenvalue weighted by Crippen LogP contribution is -2.07. The zero-order valence-corrected chi connectivity index (χ0v) is 13.6. The van der Waals surface area contributed by atoms with Gasteiger partial charge in [0.05, 0.1) is 0 Å². The SMILES string of the molecule is CCCNc1cc(CC(C)C)nc(-c2ccc(Cl)cc2)n1. The van der Waals surface area contributed by atoms with Gasteiger partial charge in [-0.15, -0.1) is 0 Å². The quantitative estimate of drug-likeness (QED) is 0.831. The molecule has 0 atom stereocenters. The Morgan fingerprint density at radius 1 is 1.14 bits per heavy atom. The number of nitrogens with one attached hydrogen (secondary N) is 1. The third-order valence-corrected chi connectivity index (χ3v) is 3.31. The Hall–Kier alpha value is -1.61. The average Bonchev–Trinajstić information content (AvgIpc) is 2.45. The van der Waals surface area contributed by atoms with Gasteiger partial charge in [0, 0.05) is 28.9 Å². The molecule has 1 heterocycles. The van der Waals surface area contributed by atoms with Gasteiger partial charge in [-0.1, -0.05) is 32.4 Å². The van der Waals surface area contributed by atoms with Crippen LogP contribution in [0.15, 0.2) is 30.3 Å². The molecule has 0 saturated heterocycles. The van der Waals surface area contributed by atoms with Gasteiger partial charge in [-0.3, -0.25) is 0 Å². The number of hydrogen-bond donors (Lipinski definition) is 1. The van der Waals surface area contributed by atoms with Crippen LogP contribution in [0.3, 0.4) is 0 Å². The Morgan fingerprint density at radius 3 is 2.48 bits per heavy atom. The zero-order valence-electron chi connectivity index (χ0n) is 12.9. The van der Waals surface area contributed by atoms with Gasteiger partial charge in [0.15, 0.2) is 5.82 Å². The monoisotopic (exact) mass is 303 g/mol. The summed E-state index contributed by atoms with van der Waals surface area (Å²) < 4.78 is 0. The molecule has 0 spiro atoms. The summed E-state index contributed by atoms with van der Waals surface area (Å²) in [6, 6.07) is 9.71. The van der Waals surface area contributed by atoms with Gasteiger partial charge in [0.25, 0.3) is 0 Å². The van der Waals surface area contributed by atoms with E-state index < -0.39 is 0 Å². The minimum Gasteiger partial charge on any atom is -0.370 e. The van der Waals surface area contributed by atoms with Gasteiger partial charge in [-0.05, 0) is 43.0 Å². The Bertz CT molecular complexity index is 579. The Balaban J connectivity index is 2.36. The summed E-state index contributed by atoms with van der Waals surface area (Å²) in [5.74, 6) is 2.22. The van der Waals surface area contributed by atoms with E-state index in [0.717, 1.165) is 47.3 Å². The molecule has 1 aromatic carbocycles. The van der Waals surface area contributed by atoms with Crippen LogP contribution in [0, 0.1) is 5.92 Å². The van der Waals surface area contributed by atoms with Crippen molar-refractivity contribution < 1.29 is 0 Å². The average molecular weight is 304 g/mol. The first kappa shape index (κ1) is 15.8. The van der Waals surface area contributed by atoms with Gasteiger partial charge >= 0.3 is 0 Å². The van der Waals surface area contributed by atoms with Crippen LogP contribution in [0.5, 0.6) is 0 Å². The normalized spacial score (nSPS) is 10.9. The minimum absolute atomic E-state index is 0.567. The summed E-state index contributed by atoms with van der Waals surface area (Å²) in [6.07, 6.45) is 2.02. The van der Waals surface area contributed by atoms with Crippen molar-refractivity contribution in [2.75, 3.05) is 11.9 Å². The zero-order chi connectivity index (χ0) is 15.2. The van der Waals surface area contributed by atoms with Crippen molar-refractivity contribution in [3.8, 4) is 11.4 Å². The number of benzene rings is 1. The number of rotatable bonds is 6. The third kappa shape index (κ3) is 4.71. The van der Waals surface area contributed by atoms with E-state index in [2.05, 4.69) is 42.1 Å². The van der Waals surface area contributed by atoms with Crippen molar-refractivity contribution >= 4 is 17.4 Å². The first-order valence-electron chi connectivity index (χ1n) is 7.46. The first-order valence-corrected chi connectivity index (χ1v) is 7.84. The number of nitrogens with zero attached hydrogens (tertiary/aromatic N) is 2. The van der Waals surface area contributed by atoms with Crippen LogP contribution in [-0.4, -0.2) is 16.5 Å². The maximum Gasteiger partial charge on any atom is 0.161 e. The molecule has 1 aromatic heterocycles. The van der Waals surface area contributed by atoms with Crippen molar-refractivity contribution in [1.29, 1.82) is 0 Å². The van der Waals surface area contributed by atoms with E-state index >= 15 is 0 Å². The molecule has 0 saturated carbocycles. The molecular weight excluding hydrogens is 282 g/mol. The van der Waals surface area contributed by atoms with E-state index in [1.165, 1.54) is 0 Å². The highest BCUT2D eigenvalue weighted by Gasteiger charge is 2.08. The Kier molecular flexibility index (Phi) is 5.57. The van der Waals surface area contributed by atoms with Crippen LogP contribution < -0.4 is 5.32 Å². The number of hydrogen-bond acceptors (Lipinski definition) is 3. The molecule has 0 fully saturated rings. The fraction of sp³-hybridized carbons (Fsp3) is 0.412. The molecule has 0 aliphatic carbocycles. The molecule has 4 heteroatoms. The van der Waals surface area contributed by atoms with Crippen LogP contribution in [0.2, 0.25) is 5.02 Å². The summed E-state index contributed by atoms with van der Waals surface area (Å²) in [6.45, 7) is 7.45. The maximum absolute atomic E-state index is 5.95. The molecular formula is C17H22ClN3. The van der Waals surface area contributed by atoms with E-state index in [0.29, 0.717) is 5.92 Å². The van der Waals surface area contributed by atoms with Crippen molar-refractivity contribution in [3.05, 3.63) is 41.0 Å². The van der Waals surface area contributed by atoms with Gasteiger partial charge in [0.1, 0.15) is 5.82 Å². The second kappa shape index (κ2) is 7.41. The van der Waals surface area contributed by atoms with Crippen LogP contribution >= 0.6 is 11.6 Å². The first-order chi connectivity index (χ1) is 10.1. The Morgan fingerprint density at radius 2 is 1.86 bits per heavy atom. The van der Waals surface area contributed by atoms with Gasteiger partial charge in [-0.2, -0.15) is 0 Å². The molecule has 0 unspecified atom stereocenters. The van der Waals surface area contributed by atoms with E-state index in [1.54, 1.807) is 0 Å². The highest BCUT2D eigenvalue weighted by molar-refractivity contribution is 6.30. The molecule has 1 N–H and O–H groups in total. The van der Waals surface area contributed by atoms with E-state index in [1.807, 2.05) is 24.3 Å². The molecule has 0 aliphatic heterocycles. The van der Waals surface area contributed by atoms with Crippen molar-refractivity contribution in [3.63, 3.8) is 0 Å². The van der Waals surface area contributed by atoms with Crippen LogP contribution in [0.4, 0.5) is 5.82 Å². The molecule has 0 aliphatic rings. The highest BCUT2D eigenvalue weighted by Crippen LogP contribution is 2.21. The fourth-order valence-electron chi connectivity index (χ4n) is 2.09. The molecule has 2 rings (SSSR count). The predicted octanol–water partition coefficient (Wildman–Crippen LogP) is 4.82. The fourth-order valence-corrected chi connectivity index (χ4v) is 2.22. The predicted molar refractivity (Wildman–Crippen MR) is 89.8 cm³/mol. The second-order valence-corrected chi connectivity index (χ2v) is 6.04. The van der Waals surface area contributed by atoms with Crippen LogP contribution in [0.25, 0.3) is 11.4 Å². The summed E-state index contributed by atoms with van der Waals surface area (Å²) in [5, 5.41) is 4.08. The summed E-state index contributed by atoms with van der Waals surface area (Å²) >= 11 is 5.95. The second-order valence-electron chi connectivity index (χ2n) is 5.60. The van der Waals surface area contributed by atoms with Crippen molar-refractivity contribution in [1.82, 2.24) is 9.97 Å². The molecule has 112 valence electrons. The molecule has 3 nitrogen and oxygen atoms in total. The topological polar surface area (TPSA) is 37.8 Å². The summed E-state index contributed by atoms with van der Waals surface area (Å²) in [5.41, 5.74) is 2.06. The highest BCUT2D eigenvalue weighted by atomic mass is 35.5. The summed E-state index contributed by atoms with van der Waals surface area (Å²) in [7, 11) is 0. The van der Waals surface area contributed by atoms with Gasteiger partial charge in [0.2, 0.25) is 0 Å². The smallest absolute Gasteiger partial charge is 0.161 e. The molecule has 2 aromatic rings. The lowest BCUT2D eigenvalue weighted by atomic mass is 10.1. The lowest BCUT2D eigenvalue weighted by molar-refractivity contribution is 0.635. The van der Waals surface area contributed by atoms with Crippen molar-refractivity contribution in [2.24, 2.45) is 5.92 Å². The molecule has 21 heavy (non-hydrogen) atoms. The summed E-state index contributed by atoms with van der Waals surface area (Å²) in [4.78, 5) is 9.30. The lowest BCUT2D eigenvalue weighted by Gasteiger charge is -2.11. The largest absolute Gasteiger partial charge is 0.370 e. The van der Waals surface area contributed by atoms with Crippen LogP contribution in [-0.2, 0) is 6.42 Å². The standard InChI is InChI=1S/C17H22ClN3/c1-4-9-19-16-11-15(10-12(2)3)20-17(21-16)13-5-7-14(18)8-6-13/h5-8,11-12H,4,9-10H2,1-3H3,(H,19,20,21). The molecule has 0 radical (unpaired) electrons.